The van der Waals surface area contributed by atoms with Crippen LogP contribution in [0.2, 0.25) is 0 Å². The van der Waals surface area contributed by atoms with E-state index >= 15 is 0 Å². The Kier molecular flexibility index (Phi) is 3.22. The highest BCUT2D eigenvalue weighted by Gasteiger charge is 2.28. The Bertz CT molecular complexity index is 320. The number of nitrogens with zero attached hydrogens (tertiary/aromatic N) is 2. The summed E-state index contributed by atoms with van der Waals surface area (Å²) < 4.78 is 0. The highest BCUT2D eigenvalue weighted by Crippen LogP contribution is 2.24. The van der Waals surface area contributed by atoms with Crippen LogP contribution >= 0.6 is 0 Å². The topological polar surface area (TPSA) is 78.9 Å². The fourth-order valence-electron chi connectivity index (χ4n) is 1.49. The first kappa shape index (κ1) is 10.7. The summed E-state index contributed by atoms with van der Waals surface area (Å²) in [6.07, 6.45) is 0.697. The summed E-state index contributed by atoms with van der Waals surface area (Å²) in [5.41, 5.74) is 1.31. The van der Waals surface area contributed by atoms with Crippen molar-refractivity contribution in [1.29, 1.82) is 0 Å². The van der Waals surface area contributed by atoms with Crippen molar-refractivity contribution in [1.82, 2.24) is 15.4 Å². The van der Waals surface area contributed by atoms with Crippen molar-refractivity contribution in [2.45, 2.75) is 33.1 Å². The summed E-state index contributed by atoms with van der Waals surface area (Å²) >= 11 is 0. The van der Waals surface area contributed by atoms with Gasteiger partial charge in [-0.1, -0.05) is 20.8 Å². The van der Waals surface area contributed by atoms with Crippen LogP contribution in [0.3, 0.4) is 0 Å². The van der Waals surface area contributed by atoms with Crippen LogP contribution in [0.25, 0.3) is 0 Å². The van der Waals surface area contributed by atoms with Crippen molar-refractivity contribution in [2.75, 3.05) is 0 Å². The maximum Gasteiger partial charge on any atom is 0.312 e. The normalized spacial score (nSPS) is 13.1. The van der Waals surface area contributed by atoms with Gasteiger partial charge in [-0.2, -0.15) is 15.4 Å². The van der Waals surface area contributed by atoms with Crippen LogP contribution in [0.4, 0.5) is 0 Å². The summed E-state index contributed by atoms with van der Waals surface area (Å²) in [5.74, 6) is -1.39. The molecule has 0 saturated carbocycles. The molecule has 1 heterocycles. The van der Waals surface area contributed by atoms with Crippen molar-refractivity contribution < 1.29 is 9.90 Å². The number of aromatic amines is 1. The molecule has 78 valence electrons. The molecule has 0 amide bonds. The number of aromatic nitrogens is 3. The van der Waals surface area contributed by atoms with Gasteiger partial charge in [0.2, 0.25) is 0 Å². The number of carboxylic acids is 1. The van der Waals surface area contributed by atoms with Crippen molar-refractivity contribution in [3.8, 4) is 0 Å². The molecule has 0 aliphatic carbocycles. The Balaban J connectivity index is 3.04. The van der Waals surface area contributed by atoms with Gasteiger partial charge >= 0.3 is 5.97 Å². The molecule has 0 aliphatic rings. The number of hydrogen-bond donors (Lipinski definition) is 2. The third-order valence-corrected chi connectivity index (χ3v) is 2.21. The molecule has 2 N–H and O–H groups in total. The highest BCUT2D eigenvalue weighted by atomic mass is 16.4. The monoisotopic (exact) mass is 197 g/mol. The quantitative estimate of drug-likeness (QED) is 0.759. The third-order valence-electron chi connectivity index (χ3n) is 2.21. The smallest absolute Gasteiger partial charge is 0.312 e. The summed E-state index contributed by atoms with van der Waals surface area (Å²) in [4.78, 5) is 11.0. The van der Waals surface area contributed by atoms with Gasteiger partial charge in [0.25, 0.3) is 0 Å². The van der Waals surface area contributed by atoms with Crippen LogP contribution in [0, 0.1) is 5.92 Å². The van der Waals surface area contributed by atoms with E-state index in [-0.39, 0.29) is 5.92 Å². The predicted octanol–water partition coefficient (Wildman–Crippen LogP) is 1.19. The lowest BCUT2D eigenvalue weighted by atomic mass is 9.91. The second-order valence-electron chi connectivity index (χ2n) is 3.57. The molecule has 0 spiro atoms. The molecule has 0 saturated heterocycles. The molecule has 0 aliphatic heterocycles. The molecule has 5 heteroatoms. The Labute approximate surface area is 82.5 Å². The van der Waals surface area contributed by atoms with Crippen LogP contribution < -0.4 is 0 Å². The van der Waals surface area contributed by atoms with Crippen molar-refractivity contribution in [3.63, 3.8) is 0 Å². The maximum absolute atomic E-state index is 11.0. The van der Waals surface area contributed by atoms with E-state index in [1.807, 2.05) is 20.8 Å². The number of hydrogen-bond acceptors (Lipinski definition) is 3. The number of nitrogens with one attached hydrogen (secondary N) is 1. The zero-order valence-electron chi connectivity index (χ0n) is 8.61. The van der Waals surface area contributed by atoms with Gasteiger partial charge in [-0.3, -0.25) is 4.79 Å². The molecule has 0 aromatic carbocycles. The number of carbonyl (C=O) groups is 1. The first-order valence-corrected chi connectivity index (χ1v) is 4.70. The average Bonchev–Trinajstić information content (AvgIpc) is 2.51. The molecule has 1 rings (SSSR count). The van der Waals surface area contributed by atoms with Gasteiger partial charge in [0.15, 0.2) is 0 Å². The Morgan fingerprint density at radius 1 is 1.50 bits per heavy atom. The van der Waals surface area contributed by atoms with Gasteiger partial charge in [-0.15, -0.1) is 0 Å². The molecule has 0 radical (unpaired) electrons. The van der Waals surface area contributed by atoms with E-state index in [1.54, 1.807) is 0 Å². The molecule has 1 aromatic heterocycles. The Hall–Kier alpha value is -1.39. The highest BCUT2D eigenvalue weighted by molar-refractivity contribution is 5.76. The molecular weight excluding hydrogens is 182 g/mol. The van der Waals surface area contributed by atoms with Crippen molar-refractivity contribution in [3.05, 3.63) is 11.4 Å². The van der Waals surface area contributed by atoms with Gasteiger partial charge in [-0.05, 0) is 12.3 Å². The van der Waals surface area contributed by atoms with Gasteiger partial charge in [-0.25, -0.2) is 0 Å². The summed E-state index contributed by atoms with van der Waals surface area (Å²) in [7, 11) is 0. The van der Waals surface area contributed by atoms with E-state index in [1.165, 1.54) is 0 Å². The second kappa shape index (κ2) is 4.21. The molecule has 14 heavy (non-hydrogen) atoms. The number of rotatable bonds is 4. The van der Waals surface area contributed by atoms with E-state index in [0.717, 1.165) is 5.69 Å². The number of aliphatic carboxylic acids is 1. The zero-order chi connectivity index (χ0) is 10.7. The molecular formula is C9H15N3O2. The van der Waals surface area contributed by atoms with Crippen LogP contribution in [0.1, 0.15) is 38.1 Å². The molecule has 5 nitrogen and oxygen atoms in total. The van der Waals surface area contributed by atoms with E-state index in [9.17, 15) is 4.79 Å². The Morgan fingerprint density at radius 3 is 2.57 bits per heavy atom. The minimum atomic E-state index is -0.844. The van der Waals surface area contributed by atoms with Crippen molar-refractivity contribution >= 4 is 5.97 Å². The first-order chi connectivity index (χ1) is 6.57. The van der Waals surface area contributed by atoms with E-state index < -0.39 is 11.9 Å². The van der Waals surface area contributed by atoms with Gasteiger partial charge in [0, 0.05) is 0 Å². The van der Waals surface area contributed by atoms with Crippen LogP contribution in [-0.2, 0) is 11.2 Å². The zero-order valence-corrected chi connectivity index (χ0v) is 8.61. The molecule has 1 unspecified atom stereocenters. The van der Waals surface area contributed by atoms with Crippen LogP contribution in [-0.4, -0.2) is 26.5 Å². The lowest BCUT2D eigenvalue weighted by molar-refractivity contribution is -0.140. The maximum atomic E-state index is 11.0. The predicted molar refractivity (Wildman–Crippen MR) is 51.0 cm³/mol. The fourth-order valence-corrected chi connectivity index (χ4v) is 1.49. The minimum absolute atomic E-state index is 0.0166. The lowest BCUT2D eigenvalue weighted by Gasteiger charge is -2.13. The van der Waals surface area contributed by atoms with Gasteiger partial charge in [0.1, 0.15) is 11.6 Å². The summed E-state index contributed by atoms with van der Waals surface area (Å²) in [5, 5.41) is 19.4. The van der Waals surface area contributed by atoms with Gasteiger partial charge < -0.3 is 5.11 Å². The lowest BCUT2D eigenvalue weighted by Crippen LogP contribution is -2.19. The van der Waals surface area contributed by atoms with Crippen LogP contribution in [0.5, 0.6) is 0 Å². The van der Waals surface area contributed by atoms with E-state index in [4.69, 9.17) is 5.11 Å². The number of aryl methyl sites for hydroxylation is 1. The number of H-pyrrole nitrogens is 1. The third kappa shape index (κ3) is 1.92. The average molecular weight is 197 g/mol. The van der Waals surface area contributed by atoms with E-state index in [2.05, 4.69) is 15.4 Å². The van der Waals surface area contributed by atoms with Gasteiger partial charge in [0.05, 0.1) is 5.69 Å². The van der Waals surface area contributed by atoms with E-state index in [0.29, 0.717) is 12.1 Å². The molecule has 1 atom stereocenters. The SMILES string of the molecule is CCc1n[nH]nc1C(C(=O)O)C(C)C. The Morgan fingerprint density at radius 2 is 2.14 bits per heavy atom. The minimum Gasteiger partial charge on any atom is -0.481 e. The number of carboxylic acid groups (broad SMARTS) is 1. The van der Waals surface area contributed by atoms with Crippen molar-refractivity contribution in [2.24, 2.45) is 5.92 Å². The summed E-state index contributed by atoms with van der Waals surface area (Å²) in [6, 6.07) is 0. The largest absolute Gasteiger partial charge is 0.481 e. The molecule has 0 fully saturated rings. The second-order valence-corrected chi connectivity index (χ2v) is 3.57. The standard InChI is InChI=1S/C9H15N3O2/c1-4-6-8(11-12-10-6)7(5(2)3)9(13)14/h5,7H,4H2,1-3H3,(H,13,14)(H,10,11,12). The first-order valence-electron chi connectivity index (χ1n) is 4.70. The van der Waals surface area contributed by atoms with Crippen LogP contribution in [0.15, 0.2) is 0 Å². The summed E-state index contributed by atoms with van der Waals surface area (Å²) in [6.45, 7) is 5.67. The fraction of sp³-hybridized carbons (Fsp3) is 0.667. The molecule has 1 aromatic rings. The molecule has 0 bridgehead atoms.